The molecule has 112 valence electrons. The van der Waals surface area contributed by atoms with Crippen molar-refractivity contribution in [3.63, 3.8) is 0 Å². The zero-order valence-electron chi connectivity index (χ0n) is 11.2. The van der Waals surface area contributed by atoms with E-state index < -0.39 is 5.51 Å². The van der Waals surface area contributed by atoms with E-state index >= 15 is 0 Å². The Balaban J connectivity index is 1.97. The van der Waals surface area contributed by atoms with Crippen LogP contribution >= 0.6 is 27.7 Å². The fraction of sp³-hybridized carbons (Fsp3) is 0.200. The van der Waals surface area contributed by atoms with E-state index in [1.165, 1.54) is 17.7 Å². The van der Waals surface area contributed by atoms with Crippen LogP contribution in [0.1, 0.15) is 11.1 Å². The minimum absolute atomic E-state index is 0.107. The summed E-state index contributed by atoms with van der Waals surface area (Å²) < 4.78 is 37.7. The van der Waals surface area contributed by atoms with Gasteiger partial charge in [-0.15, -0.1) is 0 Å². The zero-order valence-corrected chi connectivity index (χ0v) is 13.6. The predicted octanol–water partition coefficient (Wildman–Crippen LogP) is 5.98. The van der Waals surface area contributed by atoms with Gasteiger partial charge in [0.15, 0.2) is 0 Å². The summed E-state index contributed by atoms with van der Waals surface area (Å²) in [6, 6.07) is 12.3. The van der Waals surface area contributed by atoms with Gasteiger partial charge >= 0.3 is 5.51 Å². The summed E-state index contributed by atoms with van der Waals surface area (Å²) in [4.78, 5) is 0.185. The summed E-state index contributed by atoms with van der Waals surface area (Å²) in [5.41, 5.74) is -1.20. The molecule has 0 aliphatic heterocycles. The topological polar surface area (TPSA) is 12.0 Å². The molecule has 2 aromatic rings. The predicted molar refractivity (Wildman–Crippen MR) is 84.6 cm³/mol. The van der Waals surface area contributed by atoms with Gasteiger partial charge in [-0.1, -0.05) is 28.1 Å². The lowest BCUT2D eigenvalue weighted by atomic mass is 10.1. The van der Waals surface area contributed by atoms with E-state index in [0.717, 1.165) is 15.7 Å². The number of hydrogen-bond acceptors (Lipinski definition) is 2. The SMILES string of the molecule is Cc1ccc(CNc2ccc(SC(F)(F)F)cc2)c(Br)c1. The van der Waals surface area contributed by atoms with Gasteiger partial charge in [0.2, 0.25) is 0 Å². The molecule has 0 radical (unpaired) electrons. The maximum absolute atomic E-state index is 12.2. The molecule has 0 atom stereocenters. The van der Waals surface area contributed by atoms with Gasteiger partial charge < -0.3 is 5.32 Å². The molecule has 0 aliphatic carbocycles. The normalized spacial score (nSPS) is 11.5. The number of benzene rings is 2. The van der Waals surface area contributed by atoms with Crippen LogP contribution in [-0.2, 0) is 6.54 Å². The van der Waals surface area contributed by atoms with Gasteiger partial charge in [-0.2, -0.15) is 13.2 Å². The lowest BCUT2D eigenvalue weighted by Gasteiger charge is -2.10. The minimum Gasteiger partial charge on any atom is -0.381 e. The molecule has 6 heteroatoms. The largest absolute Gasteiger partial charge is 0.446 e. The lowest BCUT2D eigenvalue weighted by Crippen LogP contribution is -2.01. The molecule has 0 bridgehead atoms. The third kappa shape index (κ3) is 5.28. The third-order valence-electron chi connectivity index (χ3n) is 2.78. The molecule has 0 unspecified atom stereocenters. The number of halogens is 4. The molecule has 21 heavy (non-hydrogen) atoms. The van der Waals surface area contributed by atoms with Crippen molar-refractivity contribution in [2.75, 3.05) is 5.32 Å². The first-order valence-electron chi connectivity index (χ1n) is 6.18. The minimum atomic E-state index is -4.25. The van der Waals surface area contributed by atoms with Gasteiger partial charge in [0.25, 0.3) is 0 Å². The van der Waals surface area contributed by atoms with Crippen LogP contribution in [-0.4, -0.2) is 5.51 Å². The smallest absolute Gasteiger partial charge is 0.381 e. The summed E-state index contributed by atoms with van der Waals surface area (Å²) >= 11 is 3.39. The Morgan fingerprint density at radius 3 is 2.33 bits per heavy atom. The van der Waals surface area contributed by atoms with Crippen LogP contribution < -0.4 is 5.32 Å². The van der Waals surface area contributed by atoms with Crippen LogP contribution in [0.5, 0.6) is 0 Å². The molecule has 2 aromatic carbocycles. The molecule has 0 spiro atoms. The summed E-state index contributed by atoms with van der Waals surface area (Å²) in [5, 5.41) is 3.19. The zero-order chi connectivity index (χ0) is 15.5. The van der Waals surface area contributed by atoms with Gasteiger partial charge in [0.1, 0.15) is 0 Å². The van der Waals surface area contributed by atoms with E-state index in [1.54, 1.807) is 12.1 Å². The Hall–Kier alpha value is -1.14. The van der Waals surface area contributed by atoms with Crippen LogP contribution in [0.25, 0.3) is 0 Å². The summed E-state index contributed by atoms with van der Waals surface area (Å²) in [7, 11) is 0. The molecule has 0 amide bonds. The maximum atomic E-state index is 12.2. The number of aryl methyl sites for hydroxylation is 1. The molecular formula is C15H13BrF3NS. The first kappa shape index (κ1) is 16.2. The first-order chi connectivity index (χ1) is 9.83. The maximum Gasteiger partial charge on any atom is 0.446 e. The molecule has 1 N–H and O–H groups in total. The van der Waals surface area contributed by atoms with Crippen molar-refractivity contribution in [2.24, 2.45) is 0 Å². The molecule has 0 saturated carbocycles. The molecule has 2 rings (SSSR count). The van der Waals surface area contributed by atoms with Crippen molar-refractivity contribution >= 4 is 33.4 Å². The number of hydrogen-bond donors (Lipinski definition) is 1. The molecule has 0 aromatic heterocycles. The number of nitrogens with one attached hydrogen (secondary N) is 1. The van der Waals surface area contributed by atoms with Crippen molar-refractivity contribution in [3.05, 3.63) is 58.1 Å². The average Bonchev–Trinajstić information content (AvgIpc) is 2.38. The lowest BCUT2D eigenvalue weighted by molar-refractivity contribution is -0.0328. The van der Waals surface area contributed by atoms with E-state index in [-0.39, 0.29) is 16.7 Å². The molecule has 0 fully saturated rings. The fourth-order valence-corrected chi connectivity index (χ4v) is 2.94. The van der Waals surface area contributed by atoms with Crippen molar-refractivity contribution in [2.45, 2.75) is 23.9 Å². The van der Waals surface area contributed by atoms with E-state index in [1.807, 2.05) is 25.1 Å². The van der Waals surface area contributed by atoms with Gasteiger partial charge in [0, 0.05) is 21.6 Å². The van der Waals surface area contributed by atoms with Crippen molar-refractivity contribution in [1.29, 1.82) is 0 Å². The second kappa shape index (κ2) is 6.75. The Labute approximate surface area is 134 Å². The molecule has 1 nitrogen and oxygen atoms in total. The molecular weight excluding hydrogens is 363 g/mol. The standard InChI is InChI=1S/C15H13BrF3NS/c1-10-2-3-11(14(16)8-10)9-20-12-4-6-13(7-5-12)21-15(17,18)19/h2-8,20H,9H2,1H3. The van der Waals surface area contributed by atoms with E-state index in [2.05, 4.69) is 21.2 Å². The summed E-state index contributed by atoms with van der Waals surface area (Å²) in [5.74, 6) is 0. The highest BCUT2D eigenvalue weighted by Gasteiger charge is 2.28. The third-order valence-corrected chi connectivity index (χ3v) is 4.26. The van der Waals surface area contributed by atoms with Crippen molar-refractivity contribution in [3.8, 4) is 0 Å². The Morgan fingerprint density at radius 2 is 1.76 bits per heavy atom. The second-order valence-electron chi connectivity index (χ2n) is 4.52. The van der Waals surface area contributed by atoms with Gasteiger partial charge in [-0.3, -0.25) is 0 Å². The highest BCUT2D eigenvalue weighted by molar-refractivity contribution is 9.10. The number of thioether (sulfide) groups is 1. The van der Waals surface area contributed by atoms with Gasteiger partial charge in [-0.25, -0.2) is 0 Å². The second-order valence-corrected chi connectivity index (χ2v) is 6.51. The molecule has 0 saturated heterocycles. The van der Waals surface area contributed by atoms with Crippen molar-refractivity contribution in [1.82, 2.24) is 0 Å². The monoisotopic (exact) mass is 375 g/mol. The van der Waals surface area contributed by atoms with E-state index in [0.29, 0.717) is 6.54 Å². The Morgan fingerprint density at radius 1 is 1.10 bits per heavy atom. The number of anilines is 1. The quantitative estimate of drug-likeness (QED) is 0.659. The summed E-state index contributed by atoms with van der Waals surface area (Å²) in [6.45, 7) is 2.62. The highest BCUT2D eigenvalue weighted by atomic mass is 79.9. The first-order valence-corrected chi connectivity index (χ1v) is 7.79. The number of rotatable bonds is 4. The van der Waals surface area contributed by atoms with Crippen LogP contribution in [0.3, 0.4) is 0 Å². The Kier molecular flexibility index (Phi) is 5.22. The fourth-order valence-electron chi connectivity index (χ4n) is 1.77. The van der Waals surface area contributed by atoms with Crippen LogP contribution in [0, 0.1) is 6.92 Å². The molecule has 0 heterocycles. The average molecular weight is 376 g/mol. The van der Waals surface area contributed by atoms with Gasteiger partial charge in [0.05, 0.1) is 0 Å². The van der Waals surface area contributed by atoms with E-state index in [4.69, 9.17) is 0 Å². The Bertz CT molecular complexity index is 611. The van der Waals surface area contributed by atoms with Crippen molar-refractivity contribution < 1.29 is 13.2 Å². The van der Waals surface area contributed by atoms with Gasteiger partial charge in [-0.05, 0) is 60.1 Å². The van der Waals surface area contributed by atoms with Crippen LogP contribution in [0.4, 0.5) is 18.9 Å². The number of alkyl halides is 3. The van der Waals surface area contributed by atoms with Crippen LogP contribution in [0.2, 0.25) is 0 Å². The van der Waals surface area contributed by atoms with E-state index in [9.17, 15) is 13.2 Å². The molecule has 0 aliphatic rings. The highest BCUT2D eigenvalue weighted by Crippen LogP contribution is 2.37. The van der Waals surface area contributed by atoms with Crippen LogP contribution in [0.15, 0.2) is 51.8 Å². The summed E-state index contributed by atoms with van der Waals surface area (Å²) in [6.07, 6.45) is 0.